The lowest BCUT2D eigenvalue weighted by molar-refractivity contribution is 0.0992. The number of hydrogen-bond donors (Lipinski definition) is 2. The van der Waals surface area contributed by atoms with Gasteiger partial charge in [-0.05, 0) is 18.2 Å². The summed E-state index contributed by atoms with van der Waals surface area (Å²) in [6.07, 6.45) is 0. The predicted molar refractivity (Wildman–Crippen MR) is 57.5 cm³/mol. The Morgan fingerprint density at radius 3 is 2.88 bits per heavy atom. The summed E-state index contributed by atoms with van der Waals surface area (Å²) >= 11 is 0. The molecule has 0 saturated heterocycles. The average Bonchev–Trinajstić information content (AvgIpc) is 2.28. The molecule has 0 aliphatic heterocycles. The maximum atomic E-state index is 13.0. The molecule has 0 aromatic heterocycles. The average molecular weight is 224 g/mol. The molecule has 0 aliphatic carbocycles. The molecular formula is C11H13FN2O2. The van der Waals surface area contributed by atoms with Crippen LogP contribution < -0.4 is 5.32 Å². The first-order valence-corrected chi connectivity index (χ1v) is 4.89. The first-order valence-electron chi connectivity index (χ1n) is 4.89. The Balaban J connectivity index is 2.42. The van der Waals surface area contributed by atoms with Crippen molar-refractivity contribution >= 4 is 5.69 Å². The largest absolute Gasteiger partial charge is 0.394 e. The molecule has 16 heavy (non-hydrogen) atoms. The van der Waals surface area contributed by atoms with Crippen molar-refractivity contribution in [2.75, 3.05) is 31.7 Å². The van der Waals surface area contributed by atoms with E-state index in [4.69, 9.17) is 15.1 Å². The van der Waals surface area contributed by atoms with Gasteiger partial charge in [0, 0.05) is 12.2 Å². The zero-order valence-corrected chi connectivity index (χ0v) is 8.74. The Bertz CT molecular complexity index is 377. The first kappa shape index (κ1) is 12.4. The fourth-order valence-electron chi connectivity index (χ4n) is 1.19. The van der Waals surface area contributed by atoms with E-state index in [0.717, 1.165) is 0 Å². The Morgan fingerprint density at radius 2 is 2.19 bits per heavy atom. The number of halogens is 1. The van der Waals surface area contributed by atoms with Crippen LogP contribution in [0.15, 0.2) is 18.2 Å². The number of nitrogens with zero attached hydrogens (tertiary/aromatic N) is 1. The molecule has 86 valence electrons. The van der Waals surface area contributed by atoms with Gasteiger partial charge in [-0.3, -0.25) is 0 Å². The van der Waals surface area contributed by atoms with Gasteiger partial charge in [0.1, 0.15) is 5.82 Å². The highest BCUT2D eigenvalue weighted by atomic mass is 19.1. The summed E-state index contributed by atoms with van der Waals surface area (Å²) in [5, 5.41) is 20.0. The molecule has 0 saturated carbocycles. The van der Waals surface area contributed by atoms with Crippen molar-refractivity contribution in [1.82, 2.24) is 0 Å². The van der Waals surface area contributed by atoms with E-state index in [1.807, 2.05) is 6.07 Å². The normalized spacial score (nSPS) is 9.81. The highest BCUT2D eigenvalue weighted by Crippen LogP contribution is 2.12. The van der Waals surface area contributed by atoms with E-state index in [1.165, 1.54) is 12.1 Å². The van der Waals surface area contributed by atoms with Crippen LogP contribution in [0, 0.1) is 17.1 Å². The van der Waals surface area contributed by atoms with Gasteiger partial charge in [-0.25, -0.2) is 4.39 Å². The standard InChI is InChI=1S/C11H13FN2O2/c12-10-5-9(8-13)6-11(7-10)14-1-3-16-4-2-15/h5-7,14-15H,1-4H2. The number of aliphatic hydroxyl groups excluding tert-OH is 1. The summed E-state index contributed by atoms with van der Waals surface area (Å²) in [5.74, 6) is -0.446. The van der Waals surface area contributed by atoms with Gasteiger partial charge in [0.15, 0.2) is 0 Å². The summed E-state index contributed by atoms with van der Waals surface area (Å²) in [7, 11) is 0. The van der Waals surface area contributed by atoms with Crippen LogP contribution in [0.4, 0.5) is 10.1 Å². The number of nitriles is 1. The van der Waals surface area contributed by atoms with Crippen LogP contribution in [0.2, 0.25) is 0 Å². The summed E-state index contributed by atoms with van der Waals surface area (Å²) in [5.41, 5.74) is 0.822. The topological polar surface area (TPSA) is 65.3 Å². The molecule has 1 aromatic rings. The van der Waals surface area contributed by atoms with Crippen molar-refractivity contribution in [2.24, 2.45) is 0 Å². The van der Waals surface area contributed by atoms with Crippen LogP contribution >= 0.6 is 0 Å². The number of benzene rings is 1. The number of hydrogen-bond acceptors (Lipinski definition) is 4. The zero-order valence-electron chi connectivity index (χ0n) is 8.74. The minimum Gasteiger partial charge on any atom is -0.394 e. The summed E-state index contributed by atoms with van der Waals surface area (Å²) in [6, 6.07) is 5.93. The smallest absolute Gasteiger partial charge is 0.126 e. The highest BCUT2D eigenvalue weighted by Gasteiger charge is 1.99. The monoisotopic (exact) mass is 224 g/mol. The molecule has 0 aliphatic rings. The van der Waals surface area contributed by atoms with Crippen LogP contribution in [-0.4, -0.2) is 31.5 Å². The van der Waals surface area contributed by atoms with Crippen molar-refractivity contribution in [3.63, 3.8) is 0 Å². The Morgan fingerprint density at radius 1 is 1.38 bits per heavy atom. The Labute approximate surface area is 93.3 Å². The SMILES string of the molecule is N#Cc1cc(F)cc(NCCOCCO)c1. The molecule has 0 spiro atoms. The fourth-order valence-corrected chi connectivity index (χ4v) is 1.19. The molecule has 0 heterocycles. The van der Waals surface area contributed by atoms with Crippen molar-refractivity contribution in [3.8, 4) is 6.07 Å². The van der Waals surface area contributed by atoms with E-state index in [-0.39, 0.29) is 18.8 Å². The molecule has 1 rings (SSSR count). The van der Waals surface area contributed by atoms with Gasteiger partial charge < -0.3 is 15.2 Å². The van der Waals surface area contributed by atoms with Gasteiger partial charge in [0.05, 0.1) is 31.5 Å². The van der Waals surface area contributed by atoms with Gasteiger partial charge in [-0.2, -0.15) is 5.26 Å². The van der Waals surface area contributed by atoms with Crippen molar-refractivity contribution in [2.45, 2.75) is 0 Å². The number of aliphatic hydroxyl groups is 1. The van der Waals surface area contributed by atoms with Crippen LogP contribution in [-0.2, 0) is 4.74 Å². The van der Waals surface area contributed by atoms with Gasteiger partial charge in [-0.15, -0.1) is 0 Å². The molecule has 0 radical (unpaired) electrons. The third-order valence-corrected chi connectivity index (χ3v) is 1.84. The minimum atomic E-state index is -0.446. The van der Waals surface area contributed by atoms with Crippen LogP contribution in [0.5, 0.6) is 0 Å². The van der Waals surface area contributed by atoms with Gasteiger partial charge in [-0.1, -0.05) is 0 Å². The van der Waals surface area contributed by atoms with E-state index < -0.39 is 5.82 Å². The Kier molecular flexibility index (Phi) is 5.26. The van der Waals surface area contributed by atoms with Crippen LogP contribution in [0.3, 0.4) is 0 Å². The zero-order chi connectivity index (χ0) is 11.8. The minimum absolute atomic E-state index is 0.0153. The molecule has 0 fully saturated rings. The number of rotatable bonds is 6. The highest BCUT2D eigenvalue weighted by molar-refractivity contribution is 5.49. The second-order valence-electron chi connectivity index (χ2n) is 3.10. The Hall–Kier alpha value is -1.64. The van der Waals surface area contributed by atoms with Gasteiger partial charge in [0.2, 0.25) is 0 Å². The van der Waals surface area contributed by atoms with Gasteiger partial charge >= 0.3 is 0 Å². The fraction of sp³-hybridized carbons (Fsp3) is 0.364. The van der Waals surface area contributed by atoms with Gasteiger partial charge in [0.25, 0.3) is 0 Å². The van der Waals surface area contributed by atoms with E-state index in [0.29, 0.717) is 18.8 Å². The molecule has 4 nitrogen and oxygen atoms in total. The van der Waals surface area contributed by atoms with Crippen molar-refractivity contribution < 1.29 is 14.2 Å². The number of ether oxygens (including phenoxy) is 1. The third kappa shape index (κ3) is 4.26. The van der Waals surface area contributed by atoms with E-state index in [9.17, 15) is 4.39 Å². The summed E-state index contributed by atoms with van der Waals surface area (Å²) < 4.78 is 18.0. The number of nitrogens with one attached hydrogen (secondary N) is 1. The maximum Gasteiger partial charge on any atom is 0.126 e. The lowest BCUT2D eigenvalue weighted by Crippen LogP contribution is -2.11. The second-order valence-corrected chi connectivity index (χ2v) is 3.10. The molecule has 0 bridgehead atoms. The second kappa shape index (κ2) is 6.77. The van der Waals surface area contributed by atoms with Crippen molar-refractivity contribution in [3.05, 3.63) is 29.6 Å². The van der Waals surface area contributed by atoms with E-state index in [2.05, 4.69) is 5.32 Å². The molecule has 1 aromatic carbocycles. The lowest BCUT2D eigenvalue weighted by atomic mass is 10.2. The maximum absolute atomic E-state index is 13.0. The molecule has 5 heteroatoms. The molecular weight excluding hydrogens is 211 g/mol. The molecule has 0 unspecified atom stereocenters. The molecule has 2 N–H and O–H groups in total. The molecule has 0 atom stereocenters. The van der Waals surface area contributed by atoms with E-state index >= 15 is 0 Å². The van der Waals surface area contributed by atoms with Crippen LogP contribution in [0.25, 0.3) is 0 Å². The van der Waals surface area contributed by atoms with E-state index in [1.54, 1.807) is 6.07 Å². The number of anilines is 1. The summed E-state index contributed by atoms with van der Waals surface area (Å²) in [6.45, 7) is 1.18. The lowest BCUT2D eigenvalue weighted by Gasteiger charge is -2.07. The quantitative estimate of drug-likeness (QED) is 0.710. The summed E-state index contributed by atoms with van der Waals surface area (Å²) in [4.78, 5) is 0. The van der Waals surface area contributed by atoms with Crippen LogP contribution in [0.1, 0.15) is 5.56 Å². The predicted octanol–water partition coefficient (Wildman–Crippen LogP) is 1.12. The first-order chi connectivity index (χ1) is 7.76. The third-order valence-electron chi connectivity index (χ3n) is 1.84. The molecule has 0 amide bonds. The van der Waals surface area contributed by atoms with Crippen molar-refractivity contribution in [1.29, 1.82) is 5.26 Å².